The second-order valence-corrected chi connectivity index (χ2v) is 7.86. The van der Waals surface area contributed by atoms with Gasteiger partial charge in [0.15, 0.2) is 0 Å². The first-order valence-corrected chi connectivity index (χ1v) is 11.6. The Labute approximate surface area is 211 Å². The van der Waals surface area contributed by atoms with E-state index in [1.54, 1.807) is 20.6 Å². The first-order chi connectivity index (χ1) is 17.3. The fourth-order valence-electron chi connectivity index (χ4n) is 3.39. The van der Waals surface area contributed by atoms with Gasteiger partial charge in [-0.2, -0.15) is 0 Å². The summed E-state index contributed by atoms with van der Waals surface area (Å²) >= 11 is 0. The van der Waals surface area contributed by atoms with Gasteiger partial charge in [0.05, 0.1) is 46.1 Å². The molecule has 0 amide bonds. The number of aliphatic hydroxyl groups is 1. The Morgan fingerprint density at radius 1 is 0.639 bits per heavy atom. The summed E-state index contributed by atoms with van der Waals surface area (Å²) in [4.78, 5) is 51.3. The van der Waals surface area contributed by atoms with E-state index in [1.807, 2.05) is 4.90 Å². The number of ether oxygens (including phenoxy) is 2. The van der Waals surface area contributed by atoms with Crippen LogP contribution in [0.15, 0.2) is 6.08 Å². The number of carboxylic acid groups (broad SMARTS) is 3. The molecule has 0 saturated carbocycles. The van der Waals surface area contributed by atoms with Crippen molar-refractivity contribution in [2.24, 2.45) is 0 Å². The summed E-state index contributed by atoms with van der Waals surface area (Å²) < 4.78 is 11.3. The van der Waals surface area contributed by atoms with Crippen LogP contribution >= 0.6 is 0 Å². The first kappa shape index (κ1) is 33.6. The van der Waals surface area contributed by atoms with Crippen molar-refractivity contribution in [2.75, 3.05) is 112 Å². The van der Waals surface area contributed by atoms with E-state index < -0.39 is 17.9 Å². The number of carbonyl (C=O) groups excluding carboxylic acids is 1. The number of rotatable bonds is 8. The van der Waals surface area contributed by atoms with E-state index in [2.05, 4.69) is 0 Å². The standard InChI is InChI=1S/C21H36N4O9.CH4O/c26-11-1-2-22-3-4-23(16-19(27)28)8-14-34-15-10-25(18-21(31)32)6-5-24(17-20(29)30)9-13-33-12-7-22;1-2/h1H,2-10,12-18H2,(H,27,28)(H,29,30)(H,31,32);2H,1H3. The van der Waals surface area contributed by atoms with Crippen LogP contribution in [0.2, 0.25) is 0 Å². The molecule has 1 aliphatic rings. The highest BCUT2D eigenvalue weighted by molar-refractivity contribution is 5.69. The van der Waals surface area contributed by atoms with E-state index >= 15 is 0 Å². The molecule has 0 aromatic carbocycles. The van der Waals surface area contributed by atoms with Gasteiger partial charge in [-0.25, -0.2) is 4.79 Å². The van der Waals surface area contributed by atoms with Crippen LogP contribution in [0.1, 0.15) is 0 Å². The zero-order valence-corrected chi connectivity index (χ0v) is 20.9. The van der Waals surface area contributed by atoms with Gasteiger partial charge in [0, 0.05) is 72.1 Å². The molecular weight excluding hydrogens is 480 g/mol. The minimum absolute atomic E-state index is 0.151. The molecule has 0 bridgehead atoms. The Morgan fingerprint density at radius 2 is 0.944 bits per heavy atom. The maximum atomic E-state index is 11.2. The maximum absolute atomic E-state index is 11.2. The molecule has 0 aliphatic carbocycles. The smallest absolute Gasteiger partial charge is 0.317 e. The Morgan fingerprint density at radius 3 is 1.25 bits per heavy atom. The number of carbonyl (C=O) groups is 3. The third-order valence-electron chi connectivity index (χ3n) is 5.18. The van der Waals surface area contributed by atoms with E-state index in [0.29, 0.717) is 65.5 Å². The second kappa shape index (κ2) is 21.8. The third-order valence-corrected chi connectivity index (χ3v) is 5.18. The number of hydrogen-bond donors (Lipinski definition) is 4. The Kier molecular flexibility index (Phi) is 20.4. The molecule has 1 rings (SSSR count). The van der Waals surface area contributed by atoms with Gasteiger partial charge >= 0.3 is 17.9 Å². The van der Waals surface area contributed by atoms with Gasteiger partial charge in [-0.3, -0.25) is 34.0 Å². The predicted octanol–water partition coefficient (Wildman–Crippen LogP) is -2.51. The number of aliphatic hydroxyl groups excluding tert-OH is 1. The van der Waals surface area contributed by atoms with Crippen molar-refractivity contribution in [3.05, 3.63) is 6.08 Å². The summed E-state index contributed by atoms with van der Waals surface area (Å²) in [5.41, 5.74) is 0. The highest BCUT2D eigenvalue weighted by Crippen LogP contribution is 1.98. The predicted molar refractivity (Wildman–Crippen MR) is 129 cm³/mol. The van der Waals surface area contributed by atoms with Crippen LogP contribution < -0.4 is 0 Å². The molecule has 208 valence electrons. The van der Waals surface area contributed by atoms with Crippen LogP contribution in [0.3, 0.4) is 0 Å². The Bertz CT molecular complexity index is 589. The molecular formula is C22H40N4O10. The van der Waals surface area contributed by atoms with Gasteiger partial charge in [-0.15, -0.1) is 0 Å². The average Bonchev–Trinajstić information content (AvgIpc) is 2.82. The molecule has 36 heavy (non-hydrogen) atoms. The minimum atomic E-state index is -0.989. The van der Waals surface area contributed by atoms with Crippen LogP contribution in [-0.4, -0.2) is 176 Å². The van der Waals surface area contributed by atoms with Gasteiger partial charge in [-0.05, 0) is 0 Å². The van der Waals surface area contributed by atoms with Crippen LogP contribution in [0.4, 0.5) is 0 Å². The van der Waals surface area contributed by atoms with Gasteiger partial charge in [0.1, 0.15) is 5.94 Å². The number of hydrogen-bond acceptors (Lipinski definition) is 11. The van der Waals surface area contributed by atoms with Crippen molar-refractivity contribution in [1.82, 2.24) is 19.6 Å². The van der Waals surface area contributed by atoms with Crippen LogP contribution in [0.5, 0.6) is 0 Å². The summed E-state index contributed by atoms with van der Waals surface area (Å²) in [6, 6.07) is 0. The van der Waals surface area contributed by atoms with Gasteiger partial charge in [0.25, 0.3) is 0 Å². The summed E-state index contributed by atoms with van der Waals surface area (Å²) in [7, 11) is 1.00. The maximum Gasteiger partial charge on any atom is 0.317 e. The van der Waals surface area contributed by atoms with Crippen LogP contribution in [-0.2, 0) is 28.7 Å². The highest BCUT2D eigenvalue weighted by atomic mass is 16.5. The Hall–Kier alpha value is -2.42. The third kappa shape index (κ3) is 18.9. The largest absolute Gasteiger partial charge is 0.480 e. The van der Waals surface area contributed by atoms with E-state index in [4.69, 9.17) is 19.7 Å². The zero-order valence-electron chi connectivity index (χ0n) is 20.9. The highest BCUT2D eigenvalue weighted by Gasteiger charge is 2.16. The molecule has 0 aromatic rings. The van der Waals surface area contributed by atoms with Crippen molar-refractivity contribution in [1.29, 1.82) is 0 Å². The Balaban J connectivity index is 0.00000596. The molecule has 1 saturated heterocycles. The van der Waals surface area contributed by atoms with Crippen molar-refractivity contribution >= 4 is 23.8 Å². The lowest BCUT2D eigenvalue weighted by Gasteiger charge is -2.28. The molecule has 0 unspecified atom stereocenters. The lowest BCUT2D eigenvalue weighted by Crippen LogP contribution is -2.43. The molecule has 14 heteroatoms. The summed E-state index contributed by atoms with van der Waals surface area (Å²) in [6.07, 6.45) is 1.36. The molecule has 1 fully saturated rings. The van der Waals surface area contributed by atoms with Crippen molar-refractivity contribution in [3.8, 4) is 0 Å². The van der Waals surface area contributed by atoms with Gasteiger partial charge in [-0.1, -0.05) is 0 Å². The monoisotopic (exact) mass is 520 g/mol. The number of nitrogens with zero attached hydrogens (tertiary/aromatic N) is 4. The van der Waals surface area contributed by atoms with E-state index in [-0.39, 0.29) is 39.5 Å². The van der Waals surface area contributed by atoms with Gasteiger partial charge < -0.3 is 29.9 Å². The van der Waals surface area contributed by atoms with Crippen LogP contribution in [0.25, 0.3) is 0 Å². The van der Waals surface area contributed by atoms with Crippen molar-refractivity contribution in [3.63, 3.8) is 0 Å². The fourth-order valence-corrected chi connectivity index (χ4v) is 3.39. The van der Waals surface area contributed by atoms with Crippen molar-refractivity contribution in [2.45, 2.75) is 0 Å². The zero-order chi connectivity index (χ0) is 27.2. The second-order valence-electron chi connectivity index (χ2n) is 7.86. The molecule has 4 N–H and O–H groups in total. The lowest BCUT2D eigenvalue weighted by atomic mass is 10.3. The molecule has 0 spiro atoms. The van der Waals surface area contributed by atoms with Crippen molar-refractivity contribution < 1.29 is 49.1 Å². The van der Waals surface area contributed by atoms with Gasteiger partial charge in [0.2, 0.25) is 0 Å². The number of carboxylic acids is 3. The topological polar surface area (TPSA) is 181 Å². The lowest BCUT2D eigenvalue weighted by molar-refractivity contribution is -0.140. The molecule has 14 nitrogen and oxygen atoms in total. The SMILES string of the molecule is CO.O=C=CCN1CCOCCN(CC(=O)O)CCN(CC(=O)O)CCOCCN(CC(=O)O)CC1. The molecule has 0 radical (unpaired) electrons. The quantitative estimate of drug-likeness (QED) is 0.246. The first-order valence-electron chi connectivity index (χ1n) is 11.6. The summed E-state index contributed by atoms with van der Waals surface area (Å²) in [6.45, 7) is 4.23. The fraction of sp³-hybridized carbons (Fsp3) is 0.773. The van der Waals surface area contributed by atoms with Crippen LogP contribution in [0, 0.1) is 0 Å². The molecule has 1 aliphatic heterocycles. The number of aliphatic carboxylic acids is 3. The summed E-state index contributed by atoms with van der Waals surface area (Å²) in [5, 5.41) is 34.5. The van der Waals surface area contributed by atoms with E-state index in [0.717, 1.165) is 7.11 Å². The molecule has 0 atom stereocenters. The normalized spacial score (nSPS) is 19.1. The van der Waals surface area contributed by atoms with E-state index in [1.165, 1.54) is 6.08 Å². The minimum Gasteiger partial charge on any atom is -0.480 e. The summed E-state index contributed by atoms with van der Waals surface area (Å²) in [5.74, 6) is -1.18. The average molecular weight is 521 g/mol. The molecule has 0 aromatic heterocycles. The molecule has 1 heterocycles. The van der Waals surface area contributed by atoms with E-state index in [9.17, 15) is 29.4 Å².